The summed E-state index contributed by atoms with van der Waals surface area (Å²) in [6.45, 7) is 5.11. The van der Waals surface area contributed by atoms with Gasteiger partial charge in [0.05, 0.1) is 18.8 Å². The fourth-order valence-electron chi connectivity index (χ4n) is 4.13. The van der Waals surface area contributed by atoms with E-state index in [1.54, 1.807) is 13.8 Å². The van der Waals surface area contributed by atoms with Crippen LogP contribution in [0.1, 0.15) is 59.4 Å². The van der Waals surface area contributed by atoms with Crippen LogP contribution >= 0.6 is 11.3 Å². The number of carbonyl (C=O) groups excluding carboxylic acids is 3. The van der Waals surface area contributed by atoms with Gasteiger partial charge in [0.1, 0.15) is 10.6 Å². The van der Waals surface area contributed by atoms with Gasteiger partial charge in [-0.1, -0.05) is 42.5 Å². The topological polar surface area (TPSA) is 84.9 Å². The third-order valence-corrected chi connectivity index (χ3v) is 6.86. The molecule has 1 aliphatic carbocycles. The summed E-state index contributed by atoms with van der Waals surface area (Å²) in [5.74, 6) is -1.47. The molecule has 0 unspecified atom stereocenters. The summed E-state index contributed by atoms with van der Waals surface area (Å²) in [6, 6.07) is 15.1. The van der Waals surface area contributed by atoms with E-state index in [4.69, 9.17) is 9.47 Å². The molecule has 7 nitrogen and oxygen atoms in total. The van der Waals surface area contributed by atoms with Gasteiger partial charge in [0.2, 0.25) is 5.91 Å². The molecule has 35 heavy (non-hydrogen) atoms. The number of hydrogen-bond donors (Lipinski definition) is 1. The maximum Gasteiger partial charge on any atom is 0.342 e. The van der Waals surface area contributed by atoms with Crippen molar-refractivity contribution >= 4 is 45.0 Å². The van der Waals surface area contributed by atoms with Crippen LogP contribution in [0.5, 0.6) is 0 Å². The van der Waals surface area contributed by atoms with Crippen molar-refractivity contribution in [2.24, 2.45) is 0 Å². The number of esters is 2. The molecule has 1 aliphatic rings. The normalized spacial score (nSPS) is 13.1. The average Bonchev–Trinajstić information content (AvgIpc) is 3.61. The lowest BCUT2D eigenvalue weighted by molar-refractivity contribution is -0.116. The van der Waals surface area contributed by atoms with Gasteiger partial charge in [-0.15, -0.1) is 11.3 Å². The Kier molecular flexibility index (Phi) is 8.15. The molecule has 0 bridgehead atoms. The number of ether oxygens (including phenoxy) is 2. The molecule has 3 aromatic rings. The van der Waals surface area contributed by atoms with Crippen molar-refractivity contribution in [3.63, 3.8) is 0 Å². The van der Waals surface area contributed by atoms with E-state index in [-0.39, 0.29) is 36.7 Å². The molecular weight excluding hydrogens is 464 g/mol. The number of amides is 1. The maximum atomic E-state index is 12.9. The molecule has 184 valence electrons. The summed E-state index contributed by atoms with van der Waals surface area (Å²) in [5, 5.41) is 7.09. The highest BCUT2D eigenvalue weighted by molar-refractivity contribution is 7.15. The van der Waals surface area contributed by atoms with Crippen molar-refractivity contribution in [3.8, 4) is 0 Å². The van der Waals surface area contributed by atoms with Crippen LogP contribution in [0.3, 0.4) is 0 Å². The summed E-state index contributed by atoms with van der Waals surface area (Å²) in [7, 11) is 0. The minimum atomic E-state index is -0.650. The van der Waals surface area contributed by atoms with Crippen LogP contribution in [0.2, 0.25) is 0 Å². The lowest BCUT2D eigenvalue weighted by Crippen LogP contribution is -2.29. The smallest absolute Gasteiger partial charge is 0.342 e. The number of nitrogens with one attached hydrogen (secondary N) is 1. The van der Waals surface area contributed by atoms with Gasteiger partial charge in [-0.25, -0.2) is 9.59 Å². The number of anilines is 1. The second-order valence-corrected chi connectivity index (χ2v) is 9.31. The third kappa shape index (κ3) is 6.07. The molecule has 2 aromatic carbocycles. The van der Waals surface area contributed by atoms with Crippen LogP contribution in [0, 0.1) is 0 Å². The molecule has 0 saturated heterocycles. The Labute approximate surface area is 209 Å². The second-order valence-electron chi connectivity index (χ2n) is 8.43. The van der Waals surface area contributed by atoms with Gasteiger partial charge in [0.15, 0.2) is 0 Å². The fourth-order valence-corrected chi connectivity index (χ4v) is 5.06. The number of benzene rings is 2. The van der Waals surface area contributed by atoms with Crippen LogP contribution in [0.4, 0.5) is 5.00 Å². The maximum absolute atomic E-state index is 12.9. The number of nitrogens with zero attached hydrogens (tertiary/aromatic N) is 1. The van der Waals surface area contributed by atoms with Crippen LogP contribution in [-0.2, 0) is 20.8 Å². The molecule has 0 aliphatic heterocycles. The van der Waals surface area contributed by atoms with Gasteiger partial charge >= 0.3 is 11.9 Å². The Morgan fingerprint density at radius 3 is 2.46 bits per heavy atom. The zero-order valence-corrected chi connectivity index (χ0v) is 20.9. The predicted octanol–water partition coefficient (Wildman–Crippen LogP) is 5.25. The second kappa shape index (κ2) is 11.5. The van der Waals surface area contributed by atoms with E-state index >= 15 is 0 Å². The largest absolute Gasteiger partial charge is 0.462 e. The first-order valence-corrected chi connectivity index (χ1v) is 12.9. The number of fused-ring (bicyclic) bond motifs is 1. The molecule has 0 radical (unpaired) electrons. The highest BCUT2D eigenvalue weighted by atomic mass is 32.1. The Morgan fingerprint density at radius 2 is 1.71 bits per heavy atom. The number of rotatable bonds is 11. The zero-order chi connectivity index (χ0) is 24.8. The summed E-state index contributed by atoms with van der Waals surface area (Å²) >= 11 is 1.12. The standard InChI is InChI=1S/C27H30N2O5S/c1-3-33-26(31)22-17-35-25(24(22)27(32)34-4-2)28-23(30)14-15-29(20-12-13-20)16-19-10-7-9-18-8-5-6-11-21(18)19/h5-11,17,20H,3-4,12-16H2,1-2H3,(H,28,30). The Morgan fingerprint density at radius 1 is 1.00 bits per heavy atom. The van der Waals surface area contributed by atoms with Crippen LogP contribution in [0.15, 0.2) is 47.8 Å². The van der Waals surface area contributed by atoms with Gasteiger partial charge in [0.25, 0.3) is 0 Å². The zero-order valence-electron chi connectivity index (χ0n) is 20.0. The predicted molar refractivity (Wildman–Crippen MR) is 137 cm³/mol. The van der Waals surface area contributed by atoms with Crippen LogP contribution in [0.25, 0.3) is 10.8 Å². The lowest BCUT2D eigenvalue weighted by atomic mass is 10.0. The van der Waals surface area contributed by atoms with E-state index in [1.165, 1.54) is 21.7 Å². The first-order chi connectivity index (χ1) is 17.0. The van der Waals surface area contributed by atoms with Gasteiger partial charge < -0.3 is 14.8 Å². The van der Waals surface area contributed by atoms with Gasteiger partial charge in [-0.05, 0) is 43.0 Å². The van der Waals surface area contributed by atoms with Crippen molar-refractivity contribution in [1.82, 2.24) is 4.90 Å². The molecule has 0 spiro atoms. The van der Waals surface area contributed by atoms with E-state index in [9.17, 15) is 14.4 Å². The molecule has 1 fully saturated rings. The van der Waals surface area contributed by atoms with Gasteiger partial charge in [-0.3, -0.25) is 9.69 Å². The summed E-state index contributed by atoms with van der Waals surface area (Å²) < 4.78 is 10.2. The van der Waals surface area contributed by atoms with Crippen molar-refractivity contribution in [1.29, 1.82) is 0 Å². The summed E-state index contributed by atoms with van der Waals surface area (Å²) in [5.41, 5.74) is 1.41. The van der Waals surface area contributed by atoms with Crippen molar-refractivity contribution in [3.05, 3.63) is 64.5 Å². The first-order valence-electron chi connectivity index (χ1n) is 12.0. The van der Waals surface area contributed by atoms with Crippen LogP contribution < -0.4 is 5.32 Å². The molecule has 1 amide bonds. The minimum Gasteiger partial charge on any atom is -0.462 e. The van der Waals surface area contributed by atoms with Crippen molar-refractivity contribution in [2.75, 3.05) is 25.1 Å². The molecule has 0 atom stereocenters. The van der Waals surface area contributed by atoms with E-state index in [0.717, 1.165) is 30.7 Å². The monoisotopic (exact) mass is 494 g/mol. The number of thiophene rings is 1. The minimum absolute atomic E-state index is 0.0541. The summed E-state index contributed by atoms with van der Waals surface area (Å²) in [6.07, 6.45) is 2.54. The Balaban J connectivity index is 1.44. The van der Waals surface area contributed by atoms with E-state index in [0.29, 0.717) is 17.6 Å². The molecule has 1 N–H and O–H groups in total. The lowest BCUT2D eigenvalue weighted by Gasteiger charge is -2.22. The van der Waals surface area contributed by atoms with Crippen molar-refractivity contribution in [2.45, 2.75) is 45.7 Å². The Hall–Kier alpha value is -3.23. The molecule has 4 rings (SSSR count). The highest BCUT2D eigenvalue weighted by Crippen LogP contribution is 2.32. The van der Waals surface area contributed by atoms with Crippen LogP contribution in [-0.4, -0.2) is 48.5 Å². The number of hydrogen-bond acceptors (Lipinski definition) is 7. The number of carbonyl (C=O) groups is 3. The highest BCUT2D eigenvalue weighted by Gasteiger charge is 2.30. The SMILES string of the molecule is CCOC(=O)c1csc(NC(=O)CCN(Cc2cccc3ccccc23)C2CC2)c1C(=O)OCC. The Bertz CT molecular complexity index is 1210. The van der Waals surface area contributed by atoms with E-state index < -0.39 is 11.9 Å². The molecule has 1 saturated carbocycles. The van der Waals surface area contributed by atoms with E-state index in [2.05, 4.69) is 40.5 Å². The van der Waals surface area contributed by atoms with Gasteiger partial charge in [0, 0.05) is 30.9 Å². The van der Waals surface area contributed by atoms with Gasteiger partial charge in [-0.2, -0.15) is 0 Å². The molecule has 1 aromatic heterocycles. The summed E-state index contributed by atoms with van der Waals surface area (Å²) in [4.78, 5) is 40.0. The molecular formula is C27H30N2O5S. The fraction of sp³-hybridized carbons (Fsp3) is 0.370. The van der Waals surface area contributed by atoms with E-state index in [1.807, 2.05) is 12.1 Å². The third-order valence-electron chi connectivity index (χ3n) is 5.96. The molecule has 8 heteroatoms. The van der Waals surface area contributed by atoms with Crippen molar-refractivity contribution < 1.29 is 23.9 Å². The quantitative estimate of drug-likeness (QED) is 0.367. The first kappa shape index (κ1) is 24.9. The molecule has 1 heterocycles. The average molecular weight is 495 g/mol.